The average molecular weight is 277 g/mol. The molecule has 100 valence electrons. The van der Waals surface area contributed by atoms with E-state index in [9.17, 15) is 4.39 Å². The predicted molar refractivity (Wildman–Crippen MR) is 76.0 cm³/mol. The Kier molecular flexibility index (Phi) is 3.75. The van der Waals surface area contributed by atoms with Crippen LogP contribution in [-0.2, 0) is 6.54 Å². The molecule has 1 aromatic heterocycles. The van der Waals surface area contributed by atoms with E-state index in [1.807, 2.05) is 23.7 Å². The van der Waals surface area contributed by atoms with Crippen LogP contribution in [0.25, 0.3) is 0 Å². The molecule has 0 aliphatic carbocycles. The summed E-state index contributed by atoms with van der Waals surface area (Å²) in [7, 11) is 0. The molecule has 3 nitrogen and oxygen atoms in total. The van der Waals surface area contributed by atoms with Crippen LogP contribution in [0.2, 0.25) is 0 Å². The number of aromatic nitrogens is 1. The van der Waals surface area contributed by atoms with Crippen molar-refractivity contribution in [3.63, 3.8) is 0 Å². The topological polar surface area (TPSA) is 19.4 Å². The van der Waals surface area contributed by atoms with Crippen molar-refractivity contribution < 1.29 is 4.39 Å². The van der Waals surface area contributed by atoms with Crippen molar-refractivity contribution in [2.75, 3.05) is 31.1 Å². The van der Waals surface area contributed by atoms with Crippen LogP contribution >= 0.6 is 11.3 Å². The van der Waals surface area contributed by atoms with Crippen molar-refractivity contribution in [1.82, 2.24) is 9.88 Å². The Morgan fingerprint density at radius 2 is 1.95 bits per heavy atom. The van der Waals surface area contributed by atoms with Gasteiger partial charge in [-0.25, -0.2) is 9.37 Å². The Hall–Kier alpha value is -1.46. The van der Waals surface area contributed by atoms with Crippen LogP contribution in [0.5, 0.6) is 0 Å². The number of halogens is 1. The van der Waals surface area contributed by atoms with Crippen LogP contribution in [0.15, 0.2) is 35.8 Å². The lowest BCUT2D eigenvalue weighted by Gasteiger charge is -2.34. The fourth-order valence-electron chi connectivity index (χ4n) is 2.34. The lowest BCUT2D eigenvalue weighted by molar-refractivity contribution is 0.246. The van der Waals surface area contributed by atoms with E-state index in [0.29, 0.717) is 6.54 Å². The van der Waals surface area contributed by atoms with E-state index in [1.54, 1.807) is 17.4 Å². The van der Waals surface area contributed by atoms with Crippen molar-refractivity contribution in [1.29, 1.82) is 0 Å². The molecule has 1 aliphatic rings. The van der Waals surface area contributed by atoms with Gasteiger partial charge in [-0.15, -0.1) is 11.3 Å². The Labute approximate surface area is 116 Å². The summed E-state index contributed by atoms with van der Waals surface area (Å²) < 4.78 is 13.6. The third kappa shape index (κ3) is 2.93. The van der Waals surface area contributed by atoms with Crippen molar-refractivity contribution in [2.45, 2.75) is 6.54 Å². The molecule has 0 atom stereocenters. The minimum absolute atomic E-state index is 0.107. The number of benzene rings is 1. The quantitative estimate of drug-likeness (QED) is 0.859. The van der Waals surface area contributed by atoms with Gasteiger partial charge in [-0.05, 0) is 6.07 Å². The Balaban J connectivity index is 1.57. The summed E-state index contributed by atoms with van der Waals surface area (Å²) in [5.41, 5.74) is 0.783. The molecule has 0 unspecified atom stereocenters. The fourth-order valence-corrected chi connectivity index (χ4v) is 3.03. The molecule has 0 N–H and O–H groups in total. The standard InChI is InChI=1S/C14H16FN3S/c15-13-4-2-1-3-12(13)11-17-6-8-18(9-7-17)14-16-5-10-19-14/h1-5,10H,6-9,11H2. The minimum atomic E-state index is -0.107. The number of rotatable bonds is 3. The van der Waals surface area contributed by atoms with E-state index >= 15 is 0 Å². The van der Waals surface area contributed by atoms with Gasteiger partial charge < -0.3 is 4.90 Å². The summed E-state index contributed by atoms with van der Waals surface area (Å²) in [5, 5.41) is 3.09. The molecule has 1 aromatic carbocycles. The Bertz CT molecular complexity index is 521. The summed E-state index contributed by atoms with van der Waals surface area (Å²) in [6, 6.07) is 7.02. The van der Waals surface area contributed by atoms with Crippen LogP contribution in [0.1, 0.15) is 5.56 Å². The molecular formula is C14H16FN3S. The highest BCUT2D eigenvalue weighted by Gasteiger charge is 2.19. The Morgan fingerprint density at radius 3 is 2.63 bits per heavy atom. The second kappa shape index (κ2) is 5.67. The largest absolute Gasteiger partial charge is 0.346 e. The van der Waals surface area contributed by atoms with Gasteiger partial charge in [0.25, 0.3) is 0 Å². The van der Waals surface area contributed by atoms with Gasteiger partial charge in [-0.3, -0.25) is 4.90 Å². The van der Waals surface area contributed by atoms with Crippen LogP contribution in [0, 0.1) is 5.82 Å². The molecule has 0 amide bonds. The number of hydrogen-bond donors (Lipinski definition) is 0. The molecule has 0 saturated carbocycles. The van der Waals surface area contributed by atoms with Crippen LogP contribution in [-0.4, -0.2) is 36.1 Å². The number of thiazole rings is 1. The third-order valence-electron chi connectivity index (χ3n) is 3.41. The highest BCUT2D eigenvalue weighted by molar-refractivity contribution is 7.13. The minimum Gasteiger partial charge on any atom is -0.346 e. The van der Waals surface area contributed by atoms with Gasteiger partial charge >= 0.3 is 0 Å². The normalized spacial score (nSPS) is 16.8. The van der Waals surface area contributed by atoms with Crippen molar-refractivity contribution in [2.24, 2.45) is 0 Å². The number of piperazine rings is 1. The van der Waals surface area contributed by atoms with E-state index in [-0.39, 0.29) is 5.82 Å². The maximum absolute atomic E-state index is 13.6. The molecular weight excluding hydrogens is 261 g/mol. The van der Waals surface area contributed by atoms with E-state index in [2.05, 4.69) is 14.8 Å². The molecule has 2 aromatic rings. The summed E-state index contributed by atoms with van der Waals surface area (Å²) >= 11 is 1.67. The molecule has 0 bridgehead atoms. The second-order valence-corrected chi connectivity index (χ2v) is 5.54. The maximum atomic E-state index is 13.6. The van der Waals surface area contributed by atoms with Gasteiger partial charge in [0, 0.05) is 49.9 Å². The van der Waals surface area contributed by atoms with Gasteiger partial charge in [-0.2, -0.15) is 0 Å². The monoisotopic (exact) mass is 277 g/mol. The van der Waals surface area contributed by atoms with Gasteiger partial charge in [0.05, 0.1) is 0 Å². The zero-order valence-electron chi connectivity index (χ0n) is 10.6. The maximum Gasteiger partial charge on any atom is 0.185 e. The first-order valence-electron chi connectivity index (χ1n) is 6.43. The molecule has 5 heteroatoms. The molecule has 1 aliphatic heterocycles. The van der Waals surface area contributed by atoms with Crippen LogP contribution in [0.4, 0.5) is 9.52 Å². The SMILES string of the molecule is Fc1ccccc1CN1CCN(c2nccs2)CC1. The van der Waals surface area contributed by atoms with Gasteiger partial charge in [0.2, 0.25) is 0 Å². The van der Waals surface area contributed by atoms with Gasteiger partial charge in [-0.1, -0.05) is 18.2 Å². The number of anilines is 1. The fraction of sp³-hybridized carbons (Fsp3) is 0.357. The zero-order valence-corrected chi connectivity index (χ0v) is 11.4. The third-order valence-corrected chi connectivity index (χ3v) is 4.25. The lowest BCUT2D eigenvalue weighted by atomic mass is 10.2. The summed E-state index contributed by atoms with van der Waals surface area (Å²) in [6.45, 7) is 4.52. The van der Waals surface area contributed by atoms with E-state index < -0.39 is 0 Å². The molecule has 3 rings (SSSR count). The first-order valence-corrected chi connectivity index (χ1v) is 7.31. The lowest BCUT2D eigenvalue weighted by Crippen LogP contribution is -2.46. The molecule has 2 heterocycles. The Morgan fingerprint density at radius 1 is 1.16 bits per heavy atom. The van der Waals surface area contributed by atoms with Crippen molar-refractivity contribution >= 4 is 16.5 Å². The first kappa shape index (κ1) is 12.6. The zero-order chi connectivity index (χ0) is 13.1. The van der Waals surface area contributed by atoms with Gasteiger partial charge in [0.1, 0.15) is 5.82 Å². The molecule has 0 spiro atoms. The first-order chi connectivity index (χ1) is 9.33. The van der Waals surface area contributed by atoms with Gasteiger partial charge in [0.15, 0.2) is 5.13 Å². The predicted octanol–water partition coefficient (Wildman–Crippen LogP) is 2.60. The van der Waals surface area contributed by atoms with E-state index in [4.69, 9.17) is 0 Å². The summed E-state index contributed by atoms with van der Waals surface area (Å²) in [6.07, 6.45) is 1.84. The highest BCUT2D eigenvalue weighted by Crippen LogP contribution is 2.20. The van der Waals surface area contributed by atoms with Crippen LogP contribution in [0.3, 0.4) is 0 Å². The van der Waals surface area contributed by atoms with Crippen molar-refractivity contribution in [3.05, 3.63) is 47.2 Å². The van der Waals surface area contributed by atoms with Crippen molar-refractivity contribution in [3.8, 4) is 0 Å². The van der Waals surface area contributed by atoms with E-state index in [0.717, 1.165) is 36.9 Å². The number of nitrogens with zero attached hydrogens (tertiary/aromatic N) is 3. The highest BCUT2D eigenvalue weighted by atomic mass is 32.1. The second-order valence-electron chi connectivity index (χ2n) is 4.67. The molecule has 1 fully saturated rings. The molecule has 1 saturated heterocycles. The smallest absolute Gasteiger partial charge is 0.185 e. The summed E-state index contributed by atoms with van der Waals surface area (Å²) in [5.74, 6) is -0.107. The van der Waals surface area contributed by atoms with Crippen LogP contribution < -0.4 is 4.90 Å². The summed E-state index contributed by atoms with van der Waals surface area (Å²) in [4.78, 5) is 8.92. The molecule has 19 heavy (non-hydrogen) atoms. The van der Waals surface area contributed by atoms with E-state index in [1.165, 1.54) is 6.07 Å². The number of hydrogen-bond acceptors (Lipinski definition) is 4. The average Bonchev–Trinajstić information content (AvgIpc) is 2.96. The molecule has 0 radical (unpaired) electrons.